The lowest BCUT2D eigenvalue weighted by Crippen LogP contribution is -2.40. The number of carbonyl (C=O) groups is 1. The van der Waals surface area contributed by atoms with Gasteiger partial charge in [0.2, 0.25) is 0 Å². The molecule has 1 N–H and O–H groups in total. The molecule has 0 aliphatic carbocycles. The lowest BCUT2D eigenvalue weighted by molar-refractivity contribution is 0.0522. The molecule has 0 saturated heterocycles. The molecule has 0 aliphatic rings. The van der Waals surface area contributed by atoms with Gasteiger partial charge in [-0.2, -0.15) is 8.78 Å². The minimum absolute atomic E-state index is 0.0468. The number of para-hydroxylation sites is 1. The van der Waals surface area contributed by atoms with Gasteiger partial charge >= 0.3 is 12.0 Å². The van der Waals surface area contributed by atoms with E-state index in [4.69, 9.17) is 9.47 Å². The highest BCUT2D eigenvalue weighted by Crippen LogP contribution is 2.33. The maximum absolute atomic E-state index is 14.8. The topological polar surface area (TPSA) is 59.0 Å². The number of rotatable bonds is 8. The van der Waals surface area contributed by atoms with Crippen LogP contribution >= 0.6 is 0 Å². The smallest absolute Gasteiger partial charge is 0.346 e. The second-order valence-corrected chi connectivity index (χ2v) is 5.60. The molecule has 0 heterocycles. The summed E-state index contributed by atoms with van der Waals surface area (Å²) in [5.74, 6) is -0.345. The highest BCUT2D eigenvalue weighted by atomic mass is 19.3. The van der Waals surface area contributed by atoms with Crippen molar-refractivity contribution in [2.24, 2.45) is 0 Å². The lowest BCUT2D eigenvalue weighted by Gasteiger charge is -2.31. The first-order valence-corrected chi connectivity index (χ1v) is 8.23. The summed E-state index contributed by atoms with van der Waals surface area (Å²) in [7, 11) is 2.95. The van der Waals surface area contributed by atoms with Gasteiger partial charge in [-0.1, -0.05) is 24.3 Å². The van der Waals surface area contributed by atoms with Crippen LogP contribution in [0, 0.1) is 0 Å². The molecule has 0 bridgehead atoms. The third-order valence-corrected chi connectivity index (χ3v) is 3.99. The van der Waals surface area contributed by atoms with Gasteiger partial charge in [0.05, 0.1) is 25.5 Å². The van der Waals surface area contributed by atoms with E-state index in [2.05, 4.69) is 0 Å². The first-order chi connectivity index (χ1) is 12.8. The van der Waals surface area contributed by atoms with Crippen molar-refractivity contribution >= 4 is 17.7 Å². The molecule has 0 aromatic heterocycles. The molecule has 0 amide bonds. The van der Waals surface area contributed by atoms with E-state index in [0.29, 0.717) is 17.1 Å². The van der Waals surface area contributed by atoms with Gasteiger partial charge in [0.15, 0.2) is 11.5 Å². The van der Waals surface area contributed by atoms with Gasteiger partial charge in [-0.15, -0.1) is 0 Å². The molecule has 0 spiro atoms. The SMILES string of the molecule is CCN(c1ccccc1C(=O)O)C(F)(F)C=Cc1ccc(OC)c(OC)c1. The van der Waals surface area contributed by atoms with E-state index in [9.17, 15) is 18.7 Å². The molecule has 0 atom stereocenters. The third-order valence-electron chi connectivity index (χ3n) is 3.99. The Bertz CT molecular complexity index is 836. The summed E-state index contributed by atoms with van der Waals surface area (Å²) in [4.78, 5) is 12.1. The van der Waals surface area contributed by atoms with Crippen LogP contribution in [-0.4, -0.2) is 37.9 Å². The number of likely N-dealkylation sites (N-methyl/N-ethyl adjacent to an activating group) is 1. The first-order valence-electron chi connectivity index (χ1n) is 8.23. The zero-order valence-corrected chi connectivity index (χ0v) is 15.3. The highest BCUT2D eigenvalue weighted by molar-refractivity contribution is 5.94. The number of aromatic carboxylic acids is 1. The van der Waals surface area contributed by atoms with Gasteiger partial charge in [-0.25, -0.2) is 4.79 Å². The normalized spacial score (nSPS) is 11.4. The zero-order chi connectivity index (χ0) is 20.0. The van der Waals surface area contributed by atoms with E-state index in [1.165, 1.54) is 51.5 Å². The minimum Gasteiger partial charge on any atom is -0.493 e. The number of halogens is 2. The molecular formula is C20H21F2NO4. The van der Waals surface area contributed by atoms with Crippen LogP contribution in [0.2, 0.25) is 0 Å². The number of carboxylic acid groups (broad SMARTS) is 1. The maximum Gasteiger partial charge on any atom is 0.346 e. The summed E-state index contributed by atoms with van der Waals surface area (Å²) in [5, 5.41) is 9.28. The van der Waals surface area contributed by atoms with Crippen LogP contribution in [-0.2, 0) is 0 Å². The van der Waals surface area contributed by atoms with E-state index < -0.39 is 12.0 Å². The molecule has 0 fully saturated rings. The standard InChI is InChI=1S/C20H21F2NO4/c1-4-23(16-8-6-5-7-15(16)19(24)25)20(21,22)12-11-14-9-10-17(26-2)18(13-14)27-3/h5-13H,4H2,1-3H3,(H,24,25). The van der Waals surface area contributed by atoms with Gasteiger partial charge in [0.25, 0.3) is 0 Å². The Balaban J connectivity index is 2.36. The number of methoxy groups -OCH3 is 2. The third kappa shape index (κ3) is 4.55. The second-order valence-electron chi connectivity index (χ2n) is 5.60. The molecule has 0 aliphatic heterocycles. The fourth-order valence-corrected chi connectivity index (χ4v) is 2.67. The number of benzene rings is 2. The van der Waals surface area contributed by atoms with E-state index in [-0.39, 0.29) is 17.8 Å². The summed E-state index contributed by atoms with van der Waals surface area (Å²) in [5.41, 5.74) is 0.267. The van der Waals surface area contributed by atoms with Gasteiger partial charge in [0, 0.05) is 12.6 Å². The number of ether oxygens (including phenoxy) is 2. The van der Waals surface area contributed by atoms with Crippen molar-refractivity contribution in [3.63, 3.8) is 0 Å². The van der Waals surface area contributed by atoms with Crippen LogP contribution < -0.4 is 14.4 Å². The van der Waals surface area contributed by atoms with Crippen LogP contribution in [0.3, 0.4) is 0 Å². The summed E-state index contributed by atoms with van der Waals surface area (Å²) < 4.78 is 39.9. The van der Waals surface area contributed by atoms with Crippen LogP contribution in [0.4, 0.5) is 14.5 Å². The van der Waals surface area contributed by atoms with Crippen LogP contribution in [0.1, 0.15) is 22.8 Å². The lowest BCUT2D eigenvalue weighted by atomic mass is 10.1. The van der Waals surface area contributed by atoms with Crippen molar-refractivity contribution in [3.8, 4) is 11.5 Å². The average Bonchev–Trinajstić information content (AvgIpc) is 2.66. The Hall–Kier alpha value is -3.09. The highest BCUT2D eigenvalue weighted by Gasteiger charge is 2.35. The Morgan fingerprint density at radius 1 is 1.15 bits per heavy atom. The number of alkyl halides is 2. The van der Waals surface area contributed by atoms with Crippen LogP contribution in [0.15, 0.2) is 48.5 Å². The number of anilines is 1. The predicted molar refractivity (Wildman–Crippen MR) is 99.9 cm³/mol. The van der Waals surface area contributed by atoms with Crippen molar-refractivity contribution in [1.29, 1.82) is 0 Å². The van der Waals surface area contributed by atoms with E-state index in [0.717, 1.165) is 11.0 Å². The number of nitrogens with zero attached hydrogens (tertiary/aromatic N) is 1. The molecule has 144 valence electrons. The van der Waals surface area contributed by atoms with Gasteiger partial charge in [-0.3, -0.25) is 0 Å². The molecule has 0 radical (unpaired) electrons. The predicted octanol–water partition coefficient (Wildman–Crippen LogP) is 4.53. The Morgan fingerprint density at radius 3 is 2.41 bits per heavy atom. The fraction of sp³-hybridized carbons (Fsp3) is 0.250. The quantitative estimate of drug-likeness (QED) is 0.685. The number of carboxylic acids is 1. The number of hydrogen-bond acceptors (Lipinski definition) is 4. The Kier molecular flexibility index (Phi) is 6.39. The molecule has 5 nitrogen and oxygen atoms in total. The first kappa shape index (κ1) is 20.2. The summed E-state index contributed by atoms with van der Waals surface area (Å²) >= 11 is 0. The molecule has 7 heteroatoms. The van der Waals surface area contributed by atoms with Crippen molar-refractivity contribution in [3.05, 3.63) is 59.7 Å². The summed E-state index contributed by atoms with van der Waals surface area (Å²) in [6.07, 6.45) is 1.99. The minimum atomic E-state index is -3.40. The second kappa shape index (κ2) is 8.53. The molecule has 0 unspecified atom stereocenters. The molecular weight excluding hydrogens is 356 g/mol. The molecule has 2 rings (SSSR count). The van der Waals surface area contributed by atoms with Crippen molar-refractivity contribution < 1.29 is 28.2 Å². The van der Waals surface area contributed by atoms with Crippen molar-refractivity contribution in [1.82, 2.24) is 0 Å². The van der Waals surface area contributed by atoms with Crippen LogP contribution in [0.5, 0.6) is 11.5 Å². The molecule has 2 aromatic rings. The molecule has 0 saturated carbocycles. The summed E-state index contributed by atoms with van der Waals surface area (Å²) in [6.45, 7) is 1.46. The van der Waals surface area contributed by atoms with Crippen molar-refractivity contribution in [2.75, 3.05) is 25.7 Å². The molecule has 2 aromatic carbocycles. The van der Waals surface area contributed by atoms with E-state index >= 15 is 0 Å². The van der Waals surface area contributed by atoms with Crippen molar-refractivity contribution in [2.45, 2.75) is 13.0 Å². The monoisotopic (exact) mass is 377 g/mol. The Labute approximate surface area is 156 Å². The van der Waals surface area contributed by atoms with Crippen LogP contribution in [0.25, 0.3) is 6.08 Å². The number of hydrogen-bond donors (Lipinski definition) is 1. The molecule has 27 heavy (non-hydrogen) atoms. The van der Waals surface area contributed by atoms with Gasteiger partial charge in [-0.05, 0) is 36.8 Å². The summed E-state index contributed by atoms with van der Waals surface area (Å²) in [6, 6.07) is 7.11. The largest absolute Gasteiger partial charge is 0.493 e. The maximum atomic E-state index is 14.8. The van der Waals surface area contributed by atoms with E-state index in [1.807, 2.05) is 0 Å². The average molecular weight is 377 g/mol. The fourth-order valence-electron chi connectivity index (χ4n) is 2.67. The van der Waals surface area contributed by atoms with Gasteiger partial charge in [0.1, 0.15) is 0 Å². The van der Waals surface area contributed by atoms with E-state index in [1.54, 1.807) is 18.2 Å². The van der Waals surface area contributed by atoms with Gasteiger partial charge < -0.3 is 19.5 Å². The Morgan fingerprint density at radius 2 is 1.81 bits per heavy atom. The zero-order valence-electron chi connectivity index (χ0n) is 15.3.